The lowest BCUT2D eigenvalue weighted by Gasteiger charge is -2.30. The fraction of sp³-hybridized carbons (Fsp3) is 0.214. The zero-order valence-electron chi connectivity index (χ0n) is 10.3. The number of nitrogen functional groups attached to an aromatic ring is 1. The van der Waals surface area contributed by atoms with Crippen LogP contribution in [0.25, 0.3) is 0 Å². The first-order valence-corrected chi connectivity index (χ1v) is 5.80. The van der Waals surface area contributed by atoms with E-state index in [0.29, 0.717) is 5.82 Å². The molecule has 2 rings (SSSR count). The highest BCUT2D eigenvalue weighted by molar-refractivity contribution is 5.49. The third-order valence-electron chi connectivity index (χ3n) is 2.93. The number of anilines is 2. The molecule has 0 saturated heterocycles. The second-order valence-corrected chi connectivity index (χ2v) is 4.45. The Kier molecular flexibility index (Phi) is 3.48. The number of aliphatic hydroxyl groups is 1. The van der Waals surface area contributed by atoms with E-state index in [2.05, 4.69) is 10.3 Å². The second-order valence-electron chi connectivity index (χ2n) is 4.45. The predicted molar refractivity (Wildman–Crippen MR) is 73.2 cm³/mol. The van der Waals surface area contributed by atoms with Crippen LogP contribution in [0.15, 0.2) is 48.7 Å². The van der Waals surface area contributed by atoms with E-state index in [1.54, 1.807) is 12.3 Å². The van der Waals surface area contributed by atoms with Crippen LogP contribution >= 0.6 is 0 Å². The molecule has 18 heavy (non-hydrogen) atoms. The molecule has 1 aromatic carbocycles. The van der Waals surface area contributed by atoms with E-state index in [-0.39, 0.29) is 6.61 Å². The number of pyridine rings is 1. The molecule has 1 atom stereocenters. The highest BCUT2D eigenvalue weighted by Gasteiger charge is 2.25. The van der Waals surface area contributed by atoms with Gasteiger partial charge in [-0.3, -0.25) is 0 Å². The minimum atomic E-state index is -0.543. The van der Waals surface area contributed by atoms with E-state index in [1.807, 2.05) is 43.3 Å². The highest BCUT2D eigenvalue weighted by Crippen LogP contribution is 2.25. The third-order valence-corrected chi connectivity index (χ3v) is 2.93. The molecule has 1 unspecified atom stereocenters. The van der Waals surface area contributed by atoms with Gasteiger partial charge in [-0.05, 0) is 24.6 Å². The predicted octanol–water partition coefficient (Wildman–Crippen LogP) is 1.98. The van der Waals surface area contributed by atoms with Crippen LogP contribution in [0.4, 0.5) is 11.5 Å². The van der Waals surface area contributed by atoms with Crippen molar-refractivity contribution in [2.75, 3.05) is 17.7 Å². The molecular formula is C14H17N3O. The van der Waals surface area contributed by atoms with Gasteiger partial charge in [-0.15, -0.1) is 0 Å². The van der Waals surface area contributed by atoms with Gasteiger partial charge < -0.3 is 16.2 Å². The van der Waals surface area contributed by atoms with Gasteiger partial charge in [0, 0.05) is 0 Å². The zero-order chi connectivity index (χ0) is 13.0. The summed E-state index contributed by atoms with van der Waals surface area (Å²) in [6.07, 6.45) is 1.66. The van der Waals surface area contributed by atoms with Crippen LogP contribution in [0.3, 0.4) is 0 Å². The first kappa shape index (κ1) is 12.4. The van der Waals surface area contributed by atoms with Gasteiger partial charge in [-0.2, -0.15) is 0 Å². The lowest BCUT2D eigenvalue weighted by atomic mass is 9.92. The highest BCUT2D eigenvalue weighted by atomic mass is 16.3. The smallest absolute Gasteiger partial charge is 0.123 e. The minimum Gasteiger partial charge on any atom is -0.394 e. The molecule has 0 saturated carbocycles. The van der Waals surface area contributed by atoms with Crippen LogP contribution in [0, 0.1) is 0 Å². The van der Waals surface area contributed by atoms with E-state index in [9.17, 15) is 5.11 Å². The Hall–Kier alpha value is -2.07. The molecule has 0 bridgehead atoms. The fourth-order valence-electron chi connectivity index (χ4n) is 1.81. The third kappa shape index (κ3) is 2.60. The SMILES string of the molecule is CC(CO)(Nc1ccc(N)nc1)c1ccccc1. The van der Waals surface area contributed by atoms with Crippen LogP contribution in [0.1, 0.15) is 12.5 Å². The molecule has 4 N–H and O–H groups in total. The standard InChI is InChI=1S/C14H17N3O/c1-14(10-18,11-5-3-2-4-6-11)17-12-7-8-13(15)16-9-12/h2-9,17-18H,10H2,1H3,(H2,15,16). The number of rotatable bonds is 4. The summed E-state index contributed by atoms with van der Waals surface area (Å²) in [7, 11) is 0. The van der Waals surface area contributed by atoms with E-state index in [1.165, 1.54) is 0 Å². The Morgan fingerprint density at radius 1 is 1.22 bits per heavy atom. The molecule has 0 aliphatic heterocycles. The number of nitrogens with zero attached hydrogens (tertiary/aromatic N) is 1. The fourth-order valence-corrected chi connectivity index (χ4v) is 1.81. The topological polar surface area (TPSA) is 71.2 Å². The van der Waals surface area contributed by atoms with Gasteiger partial charge in [0.15, 0.2) is 0 Å². The van der Waals surface area contributed by atoms with Gasteiger partial charge in [0.2, 0.25) is 0 Å². The van der Waals surface area contributed by atoms with Crippen LogP contribution in [0.5, 0.6) is 0 Å². The molecule has 4 heteroatoms. The summed E-state index contributed by atoms with van der Waals surface area (Å²) in [6.45, 7) is 1.93. The average Bonchev–Trinajstić information content (AvgIpc) is 2.42. The number of benzene rings is 1. The van der Waals surface area contributed by atoms with Crippen molar-refractivity contribution in [1.82, 2.24) is 4.98 Å². The Morgan fingerprint density at radius 3 is 2.50 bits per heavy atom. The monoisotopic (exact) mass is 243 g/mol. The van der Waals surface area contributed by atoms with Gasteiger partial charge in [0.25, 0.3) is 0 Å². The maximum atomic E-state index is 9.65. The van der Waals surface area contributed by atoms with Crippen molar-refractivity contribution in [1.29, 1.82) is 0 Å². The van der Waals surface area contributed by atoms with Gasteiger partial charge in [0.1, 0.15) is 5.82 Å². The quantitative estimate of drug-likeness (QED) is 0.768. The number of nitrogens with two attached hydrogens (primary N) is 1. The Balaban J connectivity index is 2.26. The van der Waals surface area contributed by atoms with Crippen molar-refractivity contribution in [2.45, 2.75) is 12.5 Å². The van der Waals surface area contributed by atoms with Gasteiger partial charge >= 0.3 is 0 Å². The lowest BCUT2D eigenvalue weighted by Crippen LogP contribution is -2.35. The summed E-state index contributed by atoms with van der Waals surface area (Å²) in [5.41, 5.74) is 6.84. The number of aliphatic hydroxyl groups excluding tert-OH is 1. The number of hydrogen-bond acceptors (Lipinski definition) is 4. The molecule has 0 fully saturated rings. The lowest BCUT2D eigenvalue weighted by molar-refractivity contribution is 0.224. The van der Waals surface area contributed by atoms with Gasteiger partial charge in [0.05, 0.1) is 24.0 Å². The number of nitrogens with one attached hydrogen (secondary N) is 1. The van der Waals surface area contributed by atoms with Crippen molar-refractivity contribution in [3.8, 4) is 0 Å². The molecule has 0 amide bonds. The molecule has 1 aromatic heterocycles. The zero-order valence-corrected chi connectivity index (χ0v) is 10.3. The summed E-state index contributed by atoms with van der Waals surface area (Å²) in [4.78, 5) is 4.02. The largest absolute Gasteiger partial charge is 0.394 e. The Labute approximate surface area is 106 Å². The summed E-state index contributed by atoms with van der Waals surface area (Å²) < 4.78 is 0. The van der Waals surface area contributed by atoms with E-state index >= 15 is 0 Å². The first-order valence-electron chi connectivity index (χ1n) is 5.80. The molecule has 94 valence electrons. The first-order chi connectivity index (χ1) is 8.64. The maximum Gasteiger partial charge on any atom is 0.123 e. The Morgan fingerprint density at radius 2 is 1.94 bits per heavy atom. The number of hydrogen-bond donors (Lipinski definition) is 3. The average molecular weight is 243 g/mol. The molecule has 0 aliphatic carbocycles. The van der Waals surface area contributed by atoms with Gasteiger partial charge in [-0.25, -0.2) is 4.98 Å². The van der Waals surface area contributed by atoms with Crippen LogP contribution in [-0.4, -0.2) is 16.7 Å². The van der Waals surface area contributed by atoms with Crippen molar-refractivity contribution >= 4 is 11.5 Å². The van der Waals surface area contributed by atoms with Crippen molar-refractivity contribution in [2.24, 2.45) is 0 Å². The molecule has 0 aliphatic rings. The van der Waals surface area contributed by atoms with E-state index in [4.69, 9.17) is 5.73 Å². The molecule has 0 spiro atoms. The van der Waals surface area contributed by atoms with Crippen LogP contribution < -0.4 is 11.1 Å². The van der Waals surface area contributed by atoms with Crippen LogP contribution in [0.2, 0.25) is 0 Å². The Bertz CT molecular complexity index is 498. The summed E-state index contributed by atoms with van der Waals surface area (Å²) in [5.74, 6) is 0.478. The van der Waals surface area contributed by atoms with Gasteiger partial charge in [-0.1, -0.05) is 30.3 Å². The summed E-state index contributed by atoms with van der Waals surface area (Å²) in [6, 6.07) is 13.4. The van der Waals surface area contributed by atoms with Crippen molar-refractivity contribution in [3.63, 3.8) is 0 Å². The molecular weight excluding hydrogens is 226 g/mol. The van der Waals surface area contributed by atoms with Crippen LogP contribution in [-0.2, 0) is 5.54 Å². The second kappa shape index (κ2) is 5.06. The maximum absolute atomic E-state index is 9.65. The minimum absolute atomic E-state index is 0.0125. The van der Waals surface area contributed by atoms with Crippen molar-refractivity contribution in [3.05, 3.63) is 54.2 Å². The molecule has 4 nitrogen and oxygen atoms in total. The normalized spacial score (nSPS) is 13.9. The van der Waals surface area contributed by atoms with E-state index in [0.717, 1.165) is 11.3 Å². The number of aromatic nitrogens is 1. The summed E-state index contributed by atoms with van der Waals surface area (Å²) in [5, 5.41) is 12.9. The molecule has 1 heterocycles. The summed E-state index contributed by atoms with van der Waals surface area (Å²) >= 11 is 0. The molecule has 0 radical (unpaired) electrons. The van der Waals surface area contributed by atoms with E-state index < -0.39 is 5.54 Å². The van der Waals surface area contributed by atoms with Crippen molar-refractivity contribution < 1.29 is 5.11 Å². The molecule has 2 aromatic rings.